The second kappa shape index (κ2) is 19.2. The van der Waals surface area contributed by atoms with E-state index >= 15 is 0 Å². The molecule has 0 amide bonds. The van der Waals surface area contributed by atoms with E-state index in [2.05, 4.69) is 31.2 Å². The largest absolute Gasteiger partial charge is 0.0845 e. The van der Waals surface area contributed by atoms with Crippen molar-refractivity contribution < 1.29 is 0 Å². The SMILES string of the molecule is [CH]=C/C=C/C=C/C=C/C=C/C=C/C=C/CCCCCCCC. The molecule has 0 fully saturated rings. The smallest absolute Gasteiger partial charge is 0.0348 e. The molecule has 0 nitrogen and oxygen atoms in total. The summed E-state index contributed by atoms with van der Waals surface area (Å²) in [6.07, 6.45) is 35.0. The van der Waals surface area contributed by atoms with Gasteiger partial charge in [-0.3, -0.25) is 0 Å². The third-order valence-electron chi connectivity index (χ3n) is 3.08. The molecule has 119 valence electrons. The van der Waals surface area contributed by atoms with Crippen LogP contribution in [0.25, 0.3) is 0 Å². The standard InChI is InChI=1S/C22H31/c1-3-5-7-9-11-13-15-17-19-21-22-20-18-16-14-12-10-8-6-4-2/h1,3,5,7,9,11,13,15,17-22H,4,6,8,10,12,14,16H2,2H3/b3-1?,7-5+,11-9+,15-13+,19-17+,20-18+,22-21+. The summed E-state index contributed by atoms with van der Waals surface area (Å²) in [5.41, 5.74) is 0. The van der Waals surface area contributed by atoms with E-state index in [1.165, 1.54) is 51.0 Å². The number of rotatable bonds is 13. The Labute approximate surface area is 138 Å². The molecule has 0 heteroatoms. The van der Waals surface area contributed by atoms with Crippen LogP contribution in [0.5, 0.6) is 0 Å². The van der Waals surface area contributed by atoms with Gasteiger partial charge in [-0.15, -0.1) is 0 Å². The van der Waals surface area contributed by atoms with Crippen molar-refractivity contribution in [2.45, 2.75) is 51.9 Å². The second-order valence-electron chi connectivity index (χ2n) is 5.10. The zero-order valence-corrected chi connectivity index (χ0v) is 14.0. The zero-order valence-electron chi connectivity index (χ0n) is 14.0. The third-order valence-corrected chi connectivity index (χ3v) is 3.08. The van der Waals surface area contributed by atoms with E-state index in [9.17, 15) is 0 Å². The predicted octanol–water partition coefficient (Wildman–Crippen LogP) is 7.06. The van der Waals surface area contributed by atoms with Gasteiger partial charge in [0.05, 0.1) is 0 Å². The molecule has 22 heavy (non-hydrogen) atoms. The van der Waals surface area contributed by atoms with Crippen molar-refractivity contribution in [1.82, 2.24) is 0 Å². The molecule has 0 heterocycles. The van der Waals surface area contributed by atoms with Crippen molar-refractivity contribution in [1.29, 1.82) is 0 Å². The van der Waals surface area contributed by atoms with Gasteiger partial charge in [0.15, 0.2) is 0 Å². The van der Waals surface area contributed by atoms with Crippen LogP contribution in [0.2, 0.25) is 0 Å². The molecule has 0 rings (SSSR count). The van der Waals surface area contributed by atoms with Gasteiger partial charge in [-0.05, 0) is 12.8 Å². The van der Waals surface area contributed by atoms with Crippen molar-refractivity contribution in [3.63, 3.8) is 0 Å². The van der Waals surface area contributed by atoms with Crippen molar-refractivity contribution in [3.05, 3.63) is 85.6 Å². The fourth-order valence-corrected chi connectivity index (χ4v) is 1.86. The Kier molecular flexibility index (Phi) is 17.6. The summed E-state index contributed by atoms with van der Waals surface area (Å²) in [5, 5.41) is 0. The Morgan fingerprint density at radius 2 is 1.00 bits per heavy atom. The van der Waals surface area contributed by atoms with Gasteiger partial charge in [-0.25, -0.2) is 0 Å². The molecule has 0 N–H and O–H groups in total. The summed E-state index contributed by atoms with van der Waals surface area (Å²) < 4.78 is 0. The molecule has 0 aromatic heterocycles. The van der Waals surface area contributed by atoms with Gasteiger partial charge >= 0.3 is 0 Å². The maximum absolute atomic E-state index is 5.21. The van der Waals surface area contributed by atoms with E-state index in [1.54, 1.807) is 6.08 Å². The van der Waals surface area contributed by atoms with Crippen LogP contribution < -0.4 is 0 Å². The highest BCUT2D eigenvalue weighted by Gasteiger charge is 1.87. The maximum atomic E-state index is 5.21. The number of allylic oxidation sites excluding steroid dienone is 13. The molecular formula is C22H31. The van der Waals surface area contributed by atoms with Gasteiger partial charge in [0.25, 0.3) is 0 Å². The van der Waals surface area contributed by atoms with Crippen molar-refractivity contribution in [2.24, 2.45) is 0 Å². The van der Waals surface area contributed by atoms with Gasteiger partial charge in [-0.1, -0.05) is 125 Å². The van der Waals surface area contributed by atoms with Gasteiger partial charge in [0, 0.05) is 0 Å². The highest BCUT2D eigenvalue weighted by molar-refractivity contribution is 5.20. The normalized spacial score (nSPS) is 13.1. The van der Waals surface area contributed by atoms with Crippen LogP contribution in [-0.4, -0.2) is 0 Å². The van der Waals surface area contributed by atoms with Gasteiger partial charge < -0.3 is 0 Å². The highest BCUT2D eigenvalue weighted by atomic mass is 13.9. The molecule has 0 aromatic carbocycles. The minimum atomic E-state index is 1.19. The molecule has 0 atom stereocenters. The van der Waals surface area contributed by atoms with Crippen molar-refractivity contribution in [3.8, 4) is 0 Å². The molecule has 0 aliphatic rings. The van der Waals surface area contributed by atoms with Crippen molar-refractivity contribution in [2.75, 3.05) is 0 Å². The lowest BCUT2D eigenvalue weighted by Crippen LogP contribution is -1.77. The number of unbranched alkanes of at least 4 members (excludes halogenated alkanes) is 6. The van der Waals surface area contributed by atoms with E-state index in [1.807, 2.05) is 42.5 Å². The molecule has 1 radical (unpaired) electrons. The summed E-state index contributed by atoms with van der Waals surface area (Å²) in [7, 11) is 0. The van der Waals surface area contributed by atoms with E-state index < -0.39 is 0 Å². The summed E-state index contributed by atoms with van der Waals surface area (Å²) in [4.78, 5) is 0. The molecule has 0 saturated carbocycles. The molecular weight excluding hydrogens is 264 g/mol. The fourth-order valence-electron chi connectivity index (χ4n) is 1.86. The maximum Gasteiger partial charge on any atom is -0.0348 e. The van der Waals surface area contributed by atoms with Crippen LogP contribution in [0.15, 0.2) is 79.0 Å². The number of hydrogen-bond acceptors (Lipinski definition) is 0. The summed E-state index contributed by atoms with van der Waals surface area (Å²) in [6.45, 7) is 7.47. The lowest BCUT2D eigenvalue weighted by molar-refractivity contribution is 0.611. The van der Waals surface area contributed by atoms with Crippen LogP contribution in [-0.2, 0) is 0 Å². The Balaban J connectivity index is 3.55. The molecule has 0 spiro atoms. The van der Waals surface area contributed by atoms with Gasteiger partial charge in [-0.2, -0.15) is 0 Å². The van der Waals surface area contributed by atoms with Crippen LogP contribution in [0.4, 0.5) is 0 Å². The molecule has 0 aliphatic heterocycles. The third kappa shape index (κ3) is 18.2. The Bertz CT molecular complexity index is 400. The second-order valence-corrected chi connectivity index (χ2v) is 5.10. The quantitative estimate of drug-likeness (QED) is 0.252. The van der Waals surface area contributed by atoms with E-state index in [0.29, 0.717) is 0 Å². The van der Waals surface area contributed by atoms with E-state index in [-0.39, 0.29) is 0 Å². The van der Waals surface area contributed by atoms with E-state index in [0.717, 1.165) is 0 Å². The zero-order chi connectivity index (χ0) is 16.1. The van der Waals surface area contributed by atoms with Crippen LogP contribution in [0.1, 0.15) is 51.9 Å². The van der Waals surface area contributed by atoms with Gasteiger partial charge in [0.1, 0.15) is 0 Å². The first kappa shape index (κ1) is 20.2. The summed E-state index contributed by atoms with van der Waals surface area (Å²) >= 11 is 0. The first-order chi connectivity index (χ1) is 10.9. The topological polar surface area (TPSA) is 0 Å². The Morgan fingerprint density at radius 1 is 0.545 bits per heavy atom. The first-order valence-electron chi connectivity index (χ1n) is 8.45. The first-order valence-corrected chi connectivity index (χ1v) is 8.45. The van der Waals surface area contributed by atoms with Crippen molar-refractivity contribution >= 4 is 0 Å². The van der Waals surface area contributed by atoms with Crippen LogP contribution >= 0.6 is 0 Å². The van der Waals surface area contributed by atoms with Crippen LogP contribution in [0.3, 0.4) is 0 Å². The Morgan fingerprint density at radius 3 is 1.55 bits per heavy atom. The highest BCUT2D eigenvalue weighted by Crippen LogP contribution is 2.07. The molecule has 0 aliphatic carbocycles. The minimum Gasteiger partial charge on any atom is -0.0845 e. The summed E-state index contributed by atoms with van der Waals surface area (Å²) in [6, 6.07) is 0. The lowest BCUT2D eigenvalue weighted by atomic mass is 10.1. The monoisotopic (exact) mass is 295 g/mol. The minimum absolute atomic E-state index is 1.19. The molecule has 0 unspecified atom stereocenters. The van der Waals surface area contributed by atoms with Gasteiger partial charge in [0.2, 0.25) is 0 Å². The average Bonchev–Trinajstić information content (AvgIpc) is 2.54. The average molecular weight is 295 g/mol. The molecule has 0 saturated heterocycles. The fraction of sp³-hybridized carbons (Fsp3) is 0.364. The predicted molar refractivity (Wildman–Crippen MR) is 102 cm³/mol. The summed E-state index contributed by atoms with van der Waals surface area (Å²) in [5.74, 6) is 0. The van der Waals surface area contributed by atoms with Crippen LogP contribution in [0, 0.1) is 6.58 Å². The number of hydrogen-bond donors (Lipinski definition) is 0. The molecule has 0 aromatic rings. The lowest BCUT2D eigenvalue weighted by Gasteiger charge is -1.97. The molecule has 0 bridgehead atoms. The van der Waals surface area contributed by atoms with E-state index in [4.69, 9.17) is 6.58 Å². The Hall–Kier alpha value is -1.82.